The summed E-state index contributed by atoms with van der Waals surface area (Å²) in [7, 11) is 0. The summed E-state index contributed by atoms with van der Waals surface area (Å²) >= 11 is 0. The molecule has 292 valence electrons. The van der Waals surface area contributed by atoms with Crippen molar-refractivity contribution in [3.63, 3.8) is 0 Å². The Morgan fingerprint density at radius 1 is 0.865 bits per heavy atom. The lowest BCUT2D eigenvalue weighted by Crippen LogP contribution is -2.45. The first-order valence-electron chi connectivity index (χ1n) is 19.7. The summed E-state index contributed by atoms with van der Waals surface area (Å²) in [4.78, 5) is 11.5. The molecule has 2 aromatic carbocycles. The maximum Gasteiger partial charge on any atom is 0.303 e. The van der Waals surface area contributed by atoms with Gasteiger partial charge >= 0.3 is 5.97 Å². The molecule has 8 heteroatoms. The van der Waals surface area contributed by atoms with Crippen molar-refractivity contribution >= 4 is 5.97 Å². The van der Waals surface area contributed by atoms with Crippen LogP contribution >= 0.6 is 0 Å². The van der Waals surface area contributed by atoms with Crippen LogP contribution in [0.3, 0.4) is 0 Å². The van der Waals surface area contributed by atoms with Crippen LogP contribution in [0.1, 0.15) is 122 Å². The Morgan fingerprint density at radius 3 is 2.21 bits per heavy atom. The quantitative estimate of drug-likeness (QED) is 0.0346. The monoisotopic (exact) mass is 724 g/mol. The summed E-state index contributed by atoms with van der Waals surface area (Å²) in [6, 6.07) is 16.8. The van der Waals surface area contributed by atoms with E-state index in [2.05, 4.69) is 38.2 Å². The Labute approximate surface area is 313 Å². The molecule has 0 saturated heterocycles. The lowest BCUT2D eigenvalue weighted by molar-refractivity contribution is -0.137. The number of rotatable bonds is 28. The molecule has 0 amide bonds. The molecule has 5 atom stereocenters. The van der Waals surface area contributed by atoms with Crippen molar-refractivity contribution in [2.45, 2.75) is 148 Å². The Kier molecular flexibility index (Phi) is 21.8. The van der Waals surface area contributed by atoms with Gasteiger partial charge in [0.25, 0.3) is 0 Å². The van der Waals surface area contributed by atoms with E-state index in [4.69, 9.17) is 0 Å². The molecule has 0 aliphatic carbocycles. The number of hydrogen-bond donors (Lipinski definition) is 7. The van der Waals surface area contributed by atoms with Crippen molar-refractivity contribution in [1.82, 2.24) is 5.32 Å². The van der Waals surface area contributed by atoms with Gasteiger partial charge in [0.1, 0.15) is 5.75 Å². The number of aliphatic hydroxyl groups excluding tert-OH is 3. The number of benzene rings is 2. The number of unbranched alkanes of at least 4 members (excludes halogenated alkanes) is 2. The van der Waals surface area contributed by atoms with Gasteiger partial charge in [-0.3, -0.25) is 4.79 Å². The van der Waals surface area contributed by atoms with Crippen LogP contribution in [0.5, 0.6) is 5.75 Å². The molecule has 2 rings (SSSR count). The predicted molar refractivity (Wildman–Crippen MR) is 211 cm³/mol. The van der Waals surface area contributed by atoms with E-state index in [0.29, 0.717) is 38.0 Å². The molecule has 52 heavy (non-hydrogen) atoms. The minimum absolute atomic E-state index is 0.146. The summed E-state index contributed by atoms with van der Waals surface area (Å²) in [5, 5.41) is 66.3. The number of aromatic hydroxyl groups is 1. The Balaban J connectivity index is 2.52. The molecule has 0 unspecified atom stereocenters. The lowest BCUT2D eigenvalue weighted by Gasteiger charge is -2.31. The first-order valence-corrected chi connectivity index (χ1v) is 19.7. The molecular weight excluding hydrogens is 654 g/mol. The van der Waals surface area contributed by atoms with Crippen molar-refractivity contribution in [3.8, 4) is 5.75 Å². The molecular formula is C44H69NO7. The maximum absolute atomic E-state index is 11.6. The summed E-state index contributed by atoms with van der Waals surface area (Å²) in [5.74, 6) is 0.201. The van der Waals surface area contributed by atoms with E-state index in [1.807, 2.05) is 30.4 Å². The SMILES string of the molecule is CCCCC[C@H](O)/C=C/C(CCc1ccccc1)=C(\C[C@H](O)CO)[C@H](CCC[C@@H](CCC(=O)O)CCC(C)C)NC[C@@](C)(O)Cc1ccc(O)cc1. The predicted octanol–water partition coefficient (Wildman–Crippen LogP) is 7.90. The third kappa shape index (κ3) is 19.7. The Morgan fingerprint density at radius 2 is 1.58 bits per heavy atom. The second kappa shape index (κ2) is 25.1. The fourth-order valence-electron chi connectivity index (χ4n) is 6.82. The number of phenolic OH excluding ortho intramolecular Hbond substituents is 1. The summed E-state index contributed by atoms with van der Waals surface area (Å²) in [6.07, 6.45) is 13.1. The largest absolute Gasteiger partial charge is 0.508 e. The van der Waals surface area contributed by atoms with Crippen LogP contribution in [0, 0.1) is 11.8 Å². The lowest BCUT2D eigenvalue weighted by atomic mass is 9.85. The number of phenols is 1. The van der Waals surface area contributed by atoms with Gasteiger partial charge in [0.05, 0.1) is 24.4 Å². The van der Waals surface area contributed by atoms with Crippen LogP contribution in [0.2, 0.25) is 0 Å². The van der Waals surface area contributed by atoms with E-state index in [-0.39, 0.29) is 37.1 Å². The molecule has 0 radical (unpaired) electrons. The van der Waals surface area contributed by atoms with Crippen LogP contribution in [0.15, 0.2) is 77.9 Å². The van der Waals surface area contributed by atoms with E-state index >= 15 is 0 Å². The van der Waals surface area contributed by atoms with Crippen LogP contribution in [0.4, 0.5) is 0 Å². The molecule has 0 saturated carbocycles. The Bertz CT molecular complexity index is 1310. The van der Waals surface area contributed by atoms with E-state index in [1.54, 1.807) is 31.2 Å². The zero-order valence-electron chi connectivity index (χ0n) is 32.3. The highest BCUT2D eigenvalue weighted by atomic mass is 16.4. The maximum atomic E-state index is 11.6. The van der Waals surface area contributed by atoms with Crippen molar-refractivity contribution in [2.24, 2.45) is 11.8 Å². The average Bonchev–Trinajstić information content (AvgIpc) is 3.11. The zero-order valence-corrected chi connectivity index (χ0v) is 32.3. The van der Waals surface area contributed by atoms with Gasteiger partial charge in [-0.1, -0.05) is 120 Å². The zero-order chi connectivity index (χ0) is 38.4. The summed E-state index contributed by atoms with van der Waals surface area (Å²) in [6.45, 7) is 8.16. The highest BCUT2D eigenvalue weighted by Gasteiger charge is 2.26. The molecule has 2 aromatic rings. The molecule has 0 fully saturated rings. The van der Waals surface area contributed by atoms with Crippen molar-refractivity contribution in [3.05, 3.63) is 89.0 Å². The highest BCUT2D eigenvalue weighted by molar-refractivity contribution is 5.66. The standard InChI is InChI=1S/C44H69NO7/c1-5-6-8-15-38(47)27-24-37(23-19-34-12-9-7-10-13-34)41(29-40(49)31-46)42(16-11-14-35(18-17-33(2)3)22-28-43(50)51)45-32-44(4,52)30-36-20-25-39(48)26-21-36/h7,9-10,12-13,20-21,24-27,33,35,38,40,42,45-49,52H,5-6,8,11,14-19,22-23,28-32H2,1-4H3,(H,50,51)/b27-24+,41-37+/t35-,38+,40+,42+,44+/m1/s1. The molecule has 0 heterocycles. The van der Waals surface area contributed by atoms with Crippen LogP contribution in [-0.4, -0.2) is 73.6 Å². The van der Waals surface area contributed by atoms with Crippen LogP contribution in [-0.2, 0) is 17.6 Å². The molecule has 0 aromatic heterocycles. The van der Waals surface area contributed by atoms with Gasteiger partial charge < -0.3 is 36.0 Å². The third-order valence-corrected chi connectivity index (χ3v) is 9.92. The topological polar surface area (TPSA) is 150 Å². The minimum atomic E-state index is -1.13. The second-order valence-electron chi connectivity index (χ2n) is 15.5. The number of carboxylic acids is 1. The molecule has 8 nitrogen and oxygen atoms in total. The van der Waals surface area contributed by atoms with E-state index < -0.39 is 30.4 Å². The number of aliphatic hydroxyl groups is 4. The van der Waals surface area contributed by atoms with Gasteiger partial charge in [-0.15, -0.1) is 0 Å². The molecule has 7 N–H and O–H groups in total. The van der Waals surface area contributed by atoms with E-state index in [1.165, 1.54) is 5.56 Å². The highest BCUT2D eigenvalue weighted by Crippen LogP contribution is 2.29. The van der Waals surface area contributed by atoms with Gasteiger partial charge in [0.2, 0.25) is 0 Å². The average molecular weight is 724 g/mol. The second-order valence-corrected chi connectivity index (χ2v) is 15.5. The molecule has 0 aliphatic heterocycles. The van der Waals surface area contributed by atoms with Crippen molar-refractivity contribution in [1.29, 1.82) is 0 Å². The summed E-state index contributed by atoms with van der Waals surface area (Å²) in [5.41, 5.74) is 2.87. The van der Waals surface area contributed by atoms with E-state index in [9.17, 15) is 35.4 Å². The summed E-state index contributed by atoms with van der Waals surface area (Å²) < 4.78 is 0. The number of allylic oxidation sites excluding steroid dienone is 2. The number of hydrogen-bond acceptors (Lipinski definition) is 7. The first kappa shape index (κ1) is 45.1. The van der Waals surface area contributed by atoms with Gasteiger partial charge in [0.15, 0.2) is 0 Å². The molecule has 0 spiro atoms. The van der Waals surface area contributed by atoms with Gasteiger partial charge in [-0.2, -0.15) is 0 Å². The number of carbonyl (C=O) groups is 1. The van der Waals surface area contributed by atoms with Crippen LogP contribution in [0.25, 0.3) is 0 Å². The van der Waals surface area contributed by atoms with E-state index in [0.717, 1.165) is 68.1 Å². The Hall–Kier alpha value is -3.01. The number of carboxylic acid groups (broad SMARTS) is 1. The molecule has 0 aliphatic rings. The number of nitrogens with one attached hydrogen (secondary N) is 1. The molecule has 0 bridgehead atoms. The smallest absolute Gasteiger partial charge is 0.303 e. The van der Waals surface area contributed by atoms with Crippen LogP contribution < -0.4 is 5.32 Å². The first-order chi connectivity index (χ1) is 24.8. The van der Waals surface area contributed by atoms with Gasteiger partial charge in [-0.05, 0) is 91.7 Å². The number of aliphatic carboxylic acids is 1. The van der Waals surface area contributed by atoms with Crippen molar-refractivity contribution in [2.75, 3.05) is 13.2 Å². The van der Waals surface area contributed by atoms with Gasteiger partial charge in [0, 0.05) is 25.4 Å². The fraction of sp³-hybridized carbons (Fsp3) is 0.614. The third-order valence-electron chi connectivity index (χ3n) is 9.92. The van der Waals surface area contributed by atoms with Crippen molar-refractivity contribution < 1.29 is 35.4 Å². The fourth-order valence-corrected chi connectivity index (χ4v) is 6.82. The van der Waals surface area contributed by atoms with Gasteiger partial charge in [-0.25, -0.2) is 0 Å². The number of aryl methyl sites for hydroxylation is 1. The normalized spacial score (nSPS) is 16.0. The minimum Gasteiger partial charge on any atom is -0.508 e.